The van der Waals surface area contributed by atoms with Crippen LogP contribution in [-0.2, 0) is 14.9 Å². The minimum absolute atomic E-state index is 0.197. The van der Waals surface area contributed by atoms with Gasteiger partial charge in [-0.2, -0.15) is 0 Å². The maximum atomic E-state index is 12.5. The number of thiophene rings is 1. The third kappa shape index (κ3) is 3.46. The van der Waals surface area contributed by atoms with Crippen molar-refractivity contribution in [3.05, 3.63) is 23.2 Å². The minimum atomic E-state index is -3.61. The second-order valence-electron chi connectivity index (χ2n) is 5.20. The summed E-state index contributed by atoms with van der Waals surface area (Å²) in [5, 5.41) is 7.57. The summed E-state index contributed by atoms with van der Waals surface area (Å²) >= 11 is 1.35. The zero-order valence-electron chi connectivity index (χ0n) is 12.8. The molecule has 1 unspecified atom stereocenters. The third-order valence-electron chi connectivity index (χ3n) is 3.55. The third-order valence-corrected chi connectivity index (χ3v) is 6.29. The van der Waals surface area contributed by atoms with Crippen molar-refractivity contribution in [2.75, 3.05) is 6.54 Å². The van der Waals surface area contributed by atoms with Crippen molar-refractivity contribution in [1.29, 1.82) is 0 Å². The van der Waals surface area contributed by atoms with E-state index in [1.807, 2.05) is 6.92 Å². The Balaban J connectivity index is 1.71. The Morgan fingerprint density at radius 1 is 1.48 bits per heavy atom. The van der Waals surface area contributed by atoms with Gasteiger partial charge < -0.3 is 9.36 Å². The van der Waals surface area contributed by atoms with E-state index in [-0.39, 0.29) is 17.5 Å². The van der Waals surface area contributed by atoms with Gasteiger partial charge in [0.2, 0.25) is 10.0 Å². The Kier molecular flexibility index (Phi) is 4.51. The van der Waals surface area contributed by atoms with Gasteiger partial charge in [0.1, 0.15) is 6.10 Å². The highest BCUT2D eigenvalue weighted by atomic mass is 32.2. The molecule has 0 saturated heterocycles. The van der Waals surface area contributed by atoms with Crippen molar-refractivity contribution in [2.24, 2.45) is 5.16 Å². The van der Waals surface area contributed by atoms with Gasteiger partial charge >= 0.3 is 0 Å². The molecule has 0 aliphatic carbocycles. The number of nitrogens with one attached hydrogen (secondary N) is 1. The van der Waals surface area contributed by atoms with Crippen molar-refractivity contribution in [3.63, 3.8) is 0 Å². The lowest BCUT2D eigenvalue weighted by Gasteiger charge is -2.10. The van der Waals surface area contributed by atoms with Gasteiger partial charge in [-0.3, -0.25) is 0 Å². The summed E-state index contributed by atoms with van der Waals surface area (Å²) in [6, 6.07) is 3.30. The second-order valence-corrected chi connectivity index (χ2v) is 8.19. The predicted molar refractivity (Wildman–Crippen MR) is 87.0 cm³/mol. The molecule has 3 heterocycles. The molecule has 0 amide bonds. The summed E-state index contributed by atoms with van der Waals surface area (Å²) in [6.07, 6.45) is 2.75. The van der Waals surface area contributed by atoms with Crippen LogP contribution < -0.4 is 4.72 Å². The van der Waals surface area contributed by atoms with Crippen LogP contribution in [0.3, 0.4) is 0 Å². The van der Waals surface area contributed by atoms with Gasteiger partial charge in [-0.05, 0) is 19.4 Å². The normalized spacial score (nSPS) is 18.0. The average Bonchev–Trinajstić information content (AvgIpc) is 3.25. The number of aromatic nitrogens is 1. The quantitative estimate of drug-likeness (QED) is 0.859. The Morgan fingerprint density at radius 2 is 2.30 bits per heavy atom. The summed E-state index contributed by atoms with van der Waals surface area (Å²) in [7, 11) is -3.61. The highest BCUT2D eigenvalue weighted by molar-refractivity contribution is 7.89. The van der Waals surface area contributed by atoms with Gasteiger partial charge in [0, 0.05) is 17.4 Å². The van der Waals surface area contributed by atoms with E-state index in [0.29, 0.717) is 17.1 Å². The van der Waals surface area contributed by atoms with Crippen LogP contribution >= 0.6 is 11.3 Å². The molecule has 1 aliphatic heterocycles. The van der Waals surface area contributed by atoms with Crippen molar-refractivity contribution >= 4 is 27.1 Å². The number of rotatable bonds is 6. The molecule has 2 aromatic rings. The second kappa shape index (κ2) is 6.42. The fourth-order valence-corrected chi connectivity index (χ4v) is 4.89. The molecule has 3 rings (SSSR count). The number of oxime groups is 1. The number of hydrogen-bond acceptors (Lipinski definition) is 7. The monoisotopic (exact) mass is 355 g/mol. The van der Waals surface area contributed by atoms with Crippen LogP contribution in [0.2, 0.25) is 0 Å². The van der Waals surface area contributed by atoms with Crippen molar-refractivity contribution < 1.29 is 17.8 Å². The first-order valence-electron chi connectivity index (χ1n) is 7.22. The molecular weight excluding hydrogens is 338 g/mol. The Morgan fingerprint density at radius 3 is 2.96 bits per heavy atom. The van der Waals surface area contributed by atoms with E-state index in [2.05, 4.69) is 15.0 Å². The molecule has 1 aliphatic rings. The van der Waals surface area contributed by atoms with Crippen molar-refractivity contribution in [1.82, 2.24) is 9.88 Å². The standard InChI is InChI=1S/C14H17N3O4S2/c1-3-10-6-11(20-17-10)8-16-23(18,19)14-7-13(22-9(14)2)12-4-5-15-21-12/h4-5,7,11,16H,3,6,8H2,1-2H3. The first-order chi connectivity index (χ1) is 11.0. The predicted octanol–water partition coefficient (Wildman–Crippen LogP) is 2.54. The summed E-state index contributed by atoms with van der Waals surface area (Å²) in [5.74, 6) is 0.555. The molecule has 0 saturated carbocycles. The Labute approximate surface area is 138 Å². The molecule has 1 N–H and O–H groups in total. The molecular formula is C14H17N3O4S2. The van der Waals surface area contributed by atoms with E-state index >= 15 is 0 Å². The Hall–Kier alpha value is -1.71. The van der Waals surface area contributed by atoms with Gasteiger partial charge in [0.25, 0.3) is 0 Å². The summed E-state index contributed by atoms with van der Waals surface area (Å²) in [6.45, 7) is 3.96. The van der Waals surface area contributed by atoms with E-state index < -0.39 is 10.0 Å². The van der Waals surface area contributed by atoms with Crippen LogP contribution in [0.25, 0.3) is 10.6 Å². The maximum Gasteiger partial charge on any atom is 0.241 e. The topological polar surface area (TPSA) is 93.8 Å². The first-order valence-corrected chi connectivity index (χ1v) is 9.52. The number of hydrogen-bond donors (Lipinski definition) is 1. The molecule has 7 nitrogen and oxygen atoms in total. The fraction of sp³-hybridized carbons (Fsp3) is 0.429. The van der Waals surface area contributed by atoms with Gasteiger partial charge in [0.15, 0.2) is 5.76 Å². The van der Waals surface area contributed by atoms with E-state index in [4.69, 9.17) is 9.36 Å². The van der Waals surface area contributed by atoms with Crippen LogP contribution in [-0.4, -0.2) is 31.9 Å². The molecule has 9 heteroatoms. The lowest BCUT2D eigenvalue weighted by molar-refractivity contribution is 0.0891. The average molecular weight is 355 g/mol. The zero-order valence-corrected chi connectivity index (χ0v) is 14.4. The van der Waals surface area contributed by atoms with Crippen molar-refractivity contribution in [2.45, 2.75) is 37.7 Å². The van der Waals surface area contributed by atoms with Gasteiger partial charge in [0.05, 0.1) is 28.2 Å². The van der Waals surface area contributed by atoms with Crippen LogP contribution in [0.1, 0.15) is 24.6 Å². The molecule has 0 aromatic carbocycles. The number of sulfonamides is 1. The number of aryl methyl sites for hydroxylation is 1. The van der Waals surface area contributed by atoms with Crippen LogP contribution in [0, 0.1) is 6.92 Å². The SMILES string of the molecule is CCC1=NOC(CNS(=O)(=O)c2cc(-c3ccno3)sc2C)C1. The van der Waals surface area contributed by atoms with E-state index in [9.17, 15) is 8.42 Å². The van der Waals surface area contributed by atoms with Crippen LogP contribution in [0.4, 0.5) is 0 Å². The fourth-order valence-electron chi connectivity index (χ4n) is 2.28. The zero-order chi connectivity index (χ0) is 16.4. The van der Waals surface area contributed by atoms with E-state index in [0.717, 1.165) is 17.0 Å². The highest BCUT2D eigenvalue weighted by Gasteiger charge is 2.25. The van der Waals surface area contributed by atoms with Gasteiger partial charge in [-0.25, -0.2) is 13.1 Å². The lowest BCUT2D eigenvalue weighted by Crippen LogP contribution is -2.32. The van der Waals surface area contributed by atoms with Gasteiger partial charge in [-0.15, -0.1) is 11.3 Å². The molecule has 124 valence electrons. The highest BCUT2D eigenvalue weighted by Crippen LogP contribution is 2.33. The largest absolute Gasteiger partial charge is 0.391 e. The molecule has 0 bridgehead atoms. The van der Waals surface area contributed by atoms with Crippen LogP contribution in [0.5, 0.6) is 0 Å². The van der Waals surface area contributed by atoms with E-state index in [1.54, 1.807) is 19.1 Å². The van der Waals surface area contributed by atoms with Crippen molar-refractivity contribution in [3.8, 4) is 10.6 Å². The maximum absolute atomic E-state index is 12.5. The smallest absolute Gasteiger partial charge is 0.241 e. The summed E-state index contributed by atoms with van der Waals surface area (Å²) < 4.78 is 32.7. The molecule has 0 radical (unpaired) electrons. The molecule has 1 atom stereocenters. The summed E-state index contributed by atoms with van der Waals surface area (Å²) in [4.78, 5) is 6.90. The van der Waals surface area contributed by atoms with Crippen LogP contribution in [0.15, 0.2) is 32.9 Å². The molecule has 2 aromatic heterocycles. The summed E-state index contributed by atoms with van der Waals surface area (Å²) in [5.41, 5.74) is 0.952. The molecule has 0 spiro atoms. The van der Waals surface area contributed by atoms with E-state index in [1.165, 1.54) is 17.5 Å². The molecule has 23 heavy (non-hydrogen) atoms. The first kappa shape index (κ1) is 16.2. The Bertz CT molecular complexity index is 809. The minimum Gasteiger partial charge on any atom is -0.391 e. The lowest BCUT2D eigenvalue weighted by atomic mass is 10.1. The number of nitrogens with zero attached hydrogens (tertiary/aromatic N) is 2. The molecule has 0 fully saturated rings. The van der Waals surface area contributed by atoms with Gasteiger partial charge in [-0.1, -0.05) is 17.2 Å².